The average molecular weight is 326 g/mol. The van der Waals surface area contributed by atoms with Crippen molar-refractivity contribution in [3.8, 4) is 0 Å². The Morgan fingerprint density at radius 2 is 2.09 bits per heavy atom. The number of hydrogen-bond donors (Lipinski definition) is 2. The van der Waals surface area contributed by atoms with Gasteiger partial charge in [-0.2, -0.15) is 0 Å². The van der Waals surface area contributed by atoms with Gasteiger partial charge in [0.15, 0.2) is 0 Å². The number of rotatable bonds is 7. The van der Waals surface area contributed by atoms with Gasteiger partial charge in [-0.1, -0.05) is 13.8 Å². The molecule has 0 aromatic heterocycles. The average Bonchev–Trinajstić information content (AvgIpc) is 2.41. The number of nitro groups is 1. The molecule has 1 atom stereocenters. The lowest BCUT2D eigenvalue weighted by Crippen LogP contribution is -2.41. The maximum Gasteiger partial charge on any atom is 0.285 e. The number of amides is 1. The second-order valence-corrected chi connectivity index (χ2v) is 6.49. The van der Waals surface area contributed by atoms with Crippen LogP contribution in [0.4, 0.5) is 10.1 Å². The number of carbonyl (C=O) groups is 1. The first-order valence-corrected chi connectivity index (χ1v) is 7.48. The molecule has 2 N–H and O–H groups in total. The summed E-state index contributed by atoms with van der Waals surface area (Å²) in [5.41, 5.74) is -1.82. The zero-order valence-electron chi connectivity index (χ0n) is 13.9. The van der Waals surface area contributed by atoms with Crippen LogP contribution in [0.15, 0.2) is 12.1 Å². The van der Waals surface area contributed by atoms with Crippen LogP contribution in [0, 0.1) is 28.8 Å². The van der Waals surface area contributed by atoms with Crippen molar-refractivity contribution < 1.29 is 19.2 Å². The minimum absolute atomic E-state index is 0.0642. The van der Waals surface area contributed by atoms with Crippen molar-refractivity contribution in [3.63, 3.8) is 0 Å². The molecular formula is C16H23FN2O4. The molecule has 0 aliphatic rings. The van der Waals surface area contributed by atoms with Crippen molar-refractivity contribution in [2.75, 3.05) is 6.54 Å². The Kier molecular flexibility index (Phi) is 6.20. The number of hydrogen-bond acceptors (Lipinski definition) is 4. The maximum atomic E-state index is 13.5. The van der Waals surface area contributed by atoms with Gasteiger partial charge in [-0.05, 0) is 44.7 Å². The standard InChI is InChI=1S/C16H23FN2O4/c1-10(2)5-6-16(4,21)9-18-15(20)13-8-12(17)7-11(3)14(13)19(22)23/h7-8,10,21H,5-6,9H2,1-4H3,(H,18,20). The van der Waals surface area contributed by atoms with E-state index in [2.05, 4.69) is 5.32 Å². The Balaban J connectivity index is 2.88. The Labute approximate surface area is 134 Å². The van der Waals surface area contributed by atoms with Crippen LogP contribution in [0.1, 0.15) is 49.5 Å². The molecule has 0 aliphatic heterocycles. The molecule has 1 aromatic carbocycles. The molecule has 0 heterocycles. The quantitative estimate of drug-likeness (QED) is 0.595. The summed E-state index contributed by atoms with van der Waals surface area (Å²) in [5.74, 6) is -1.09. The van der Waals surface area contributed by atoms with Crippen LogP contribution in [-0.2, 0) is 0 Å². The number of benzene rings is 1. The fourth-order valence-corrected chi connectivity index (χ4v) is 2.20. The summed E-state index contributed by atoms with van der Waals surface area (Å²) in [7, 11) is 0. The highest BCUT2D eigenvalue weighted by Gasteiger charge is 2.27. The van der Waals surface area contributed by atoms with Crippen molar-refractivity contribution >= 4 is 11.6 Å². The van der Waals surface area contributed by atoms with Crippen LogP contribution in [0.5, 0.6) is 0 Å². The number of aliphatic hydroxyl groups is 1. The maximum absolute atomic E-state index is 13.5. The number of aryl methyl sites for hydroxylation is 1. The minimum atomic E-state index is -1.13. The topological polar surface area (TPSA) is 92.5 Å². The van der Waals surface area contributed by atoms with Gasteiger partial charge in [0, 0.05) is 12.1 Å². The van der Waals surface area contributed by atoms with E-state index in [0.29, 0.717) is 12.3 Å². The van der Waals surface area contributed by atoms with E-state index in [4.69, 9.17) is 0 Å². The molecule has 1 amide bonds. The number of carbonyl (C=O) groups excluding carboxylic acids is 1. The normalized spacial score (nSPS) is 13.7. The van der Waals surface area contributed by atoms with E-state index < -0.39 is 27.9 Å². The molecule has 6 nitrogen and oxygen atoms in total. The zero-order chi connectivity index (χ0) is 17.8. The summed E-state index contributed by atoms with van der Waals surface area (Å²) >= 11 is 0. The molecule has 0 saturated heterocycles. The first-order chi connectivity index (χ1) is 10.5. The van der Waals surface area contributed by atoms with E-state index in [1.54, 1.807) is 6.92 Å². The van der Waals surface area contributed by atoms with E-state index in [9.17, 15) is 24.4 Å². The summed E-state index contributed by atoms with van der Waals surface area (Å²) in [5, 5.41) is 23.8. The van der Waals surface area contributed by atoms with Crippen molar-refractivity contribution in [1.29, 1.82) is 0 Å². The third kappa shape index (κ3) is 5.59. The minimum Gasteiger partial charge on any atom is -0.388 e. The summed E-state index contributed by atoms with van der Waals surface area (Å²) in [6.07, 6.45) is 1.26. The molecule has 7 heteroatoms. The highest BCUT2D eigenvalue weighted by molar-refractivity contribution is 5.98. The van der Waals surface area contributed by atoms with E-state index >= 15 is 0 Å². The largest absolute Gasteiger partial charge is 0.388 e. The van der Waals surface area contributed by atoms with E-state index in [-0.39, 0.29) is 17.7 Å². The van der Waals surface area contributed by atoms with Crippen LogP contribution >= 0.6 is 0 Å². The molecular weight excluding hydrogens is 303 g/mol. The van der Waals surface area contributed by atoms with Crippen molar-refractivity contribution in [2.24, 2.45) is 5.92 Å². The summed E-state index contributed by atoms with van der Waals surface area (Å²) in [4.78, 5) is 22.5. The van der Waals surface area contributed by atoms with E-state index in [1.807, 2.05) is 13.8 Å². The van der Waals surface area contributed by atoms with Crippen LogP contribution in [0.3, 0.4) is 0 Å². The van der Waals surface area contributed by atoms with Gasteiger partial charge in [0.1, 0.15) is 11.4 Å². The smallest absolute Gasteiger partial charge is 0.285 e. The van der Waals surface area contributed by atoms with Crippen LogP contribution in [0.25, 0.3) is 0 Å². The number of nitrogens with one attached hydrogen (secondary N) is 1. The monoisotopic (exact) mass is 326 g/mol. The molecule has 1 aromatic rings. The summed E-state index contributed by atoms with van der Waals surface area (Å²) in [6, 6.07) is 1.84. The molecule has 0 saturated carbocycles. The van der Waals surface area contributed by atoms with Gasteiger partial charge in [0.2, 0.25) is 0 Å². The third-order valence-electron chi connectivity index (χ3n) is 3.58. The number of halogens is 1. The molecule has 23 heavy (non-hydrogen) atoms. The fourth-order valence-electron chi connectivity index (χ4n) is 2.20. The summed E-state index contributed by atoms with van der Waals surface area (Å²) < 4.78 is 13.5. The third-order valence-corrected chi connectivity index (χ3v) is 3.58. The SMILES string of the molecule is Cc1cc(F)cc(C(=O)NCC(C)(O)CCC(C)C)c1[N+](=O)[O-]. The molecule has 1 unspecified atom stereocenters. The van der Waals surface area contributed by atoms with Gasteiger partial charge in [0.05, 0.1) is 10.5 Å². The van der Waals surface area contributed by atoms with Crippen LogP contribution in [0.2, 0.25) is 0 Å². The number of nitro benzene ring substituents is 1. The Bertz CT molecular complexity index is 600. The van der Waals surface area contributed by atoms with Crippen molar-refractivity contribution in [2.45, 2.75) is 46.1 Å². The fraction of sp³-hybridized carbons (Fsp3) is 0.562. The Hall–Kier alpha value is -2.02. The lowest BCUT2D eigenvalue weighted by Gasteiger charge is -2.24. The van der Waals surface area contributed by atoms with E-state index in [1.165, 1.54) is 6.92 Å². The van der Waals surface area contributed by atoms with Gasteiger partial charge >= 0.3 is 0 Å². The molecule has 0 radical (unpaired) electrons. The zero-order valence-corrected chi connectivity index (χ0v) is 13.9. The van der Waals surface area contributed by atoms with Crippen molar-refractivity contribution in [3.05, 3.63) is 39.2 Å². The molecule has 0 aliphatic carbocycles. The first-order valence-electron chi connectivity index (χ1n) is 7.48. The van der Waals surface area contributed by atoms with Gasteiger partial charge < -0.3 is 10.4 Å². The molecule has 128 valence electrons. The molecule has 0 bridgehead atoms. The molecule has 0 spiro atoms. The molecule has 1 rings (SSSR count). The van der Waals surface area contributed by atoms with E-state index in [0.717, 1.165) is 18.6 Å². The predicted octanol–water partition coefficient (Wildman–Crippen LogP) is 2.96. The lowest BCUT2D eigenvalue weighted by atomic mass is 9.95. The number of nitrogens with zero attached hydrogens (tertiary/aromatic N) is 1. The first kappa shape index (κ1) is 19.0. The van der Waals surface area contributed by atoms with Crippen LogP contribution < -0.4 is 5.32 Å². The highest BCUT2D eigenvalue weighted by atomic mass is 19.1. The van der Waals surface area contributed by atoms with Gasteiger partial charge in [0.25, 0.3) is 11.6 Å². The Morgan fingerprint density at radius 1 is 1.48 bits per heavy atom. The molecule has 0 fully saturated rings. The highest BCUT2D eigenvalue weighted by Crippen LogP contribution is 2.25. The van der Waals surface area contributed by atoms with Crippen LogP contribution in [-0.4, -0.2) is 28.1 Å². The van der Waals surface area contributed by atoms with Crippen molar-refractivity contribution in [1.82, 2.24) is 5.32 Å². The summed E-state index contributed by atoms with van der Waals surface area (Å²) in [6.45, 7) is 6.93. The second-order valence-electron chi connectivity index (χ2n) is 6.49. The lowest BCUT2D eigenvalue weighted by molar-refractivity contribution is -0.385. The van der Waals surface area contributed by atoms with Gasteiger partial charge in [-0.3, -0.25) is 14.9 Å². The Morgan fingerprint density at radius 3 is 2.61 bits per heavy atom. The van der Waals surface area contributed by atoms with Gasteiger partial charge in [-0.25, -0.2) is 4.39 Å². The second kappa shape index (κ2) is 7.50. The predicted molar refractivity (Wildman–Crippen MR) is 84.8 cm³/mol. The van der Waals surface area contributed by atoms with Gasteiger partial charge in [-0.15, -0.1) is 0 Å².